The average Bonchev–Trinajstić information content (AvgIpc) is 2.63. The summed E-state index contributed by atoms with van der Waals surface area (Å²) in [4.78, 5) is 11.6. The third kappa shape index (κ3) is 2.67. The van der Waals surface area contributed by atoms with Gasteiger partial charge < -0.3 is 9.47 Å². The van der Waals surface area contributed by atoms with Crippen molar-refractivity contribution in [1.82, 2.24) is 0 Å². The quantitative estimate of drug-likeness (QED) is 0.751. The number of cyclic esters (lactones) is 1. The number of carbonyl (C=O) groups excluding carboxylic acids is 1. The summed E-state index contributed by atoms with van der Waals surface area (Å²) < 4.78 is 10.9. The Labute approximate surface area is 102 Å². The van der Waals surface area contributed by atoms with E-state index in [0.29, 0.717) is 6.61 Å². The molecule has 0 saturated carbocycles. The Balaban J connectivity index is 1.93. The minimum atomic E-state index is -0.417. The zero-order valence-electron chi connectivity index (χ0n) is 10.3. The van der Waals surface area contributed by atoms with Crippen molar-refractivity contribution in [2.45, 2.75) is 39.1 Å². The van der Waals surface area contributed by atoms with Gasteiger partial charge in [-0.15, -0.1) is 0 Å². The van der Waals surface area contributed by atoms with Gasteiger partial charge in [0.05, 0.1) is 6.61 Å². The lowest BCUT2D eigenvalue weighted by molar-refractivity contribution is -0.150. The molecule has 3 heteroatoms. The summed E-state index contributed by atoms with van der Waals surface area (Å²) in [6.45, 7) is 4.49. The zero-order chi connectivity index (χ0) is 12.3. The predicted octanol–water partition coefficient (Wildman–Crippen LogP) is 2.54. The molecule has 1 aliphatic rings. The largest absolute Gasteiger partial charge is 0.460 e. The lowest BCUT2D eigenvalue weighted by Crippen LogP contribution is -2.25. The maximum absolute atomic E-state index is 11.6. The van der Waals surface area contributed by atoms with Crippen molar-refractivity contribution >= 4 is 5.97 Å². The van der Waals surface area contributed by atoms with E-state index in [1.807, 2.05) is 44.2 Å². The molecular weight excluding hydrogens is 216 g/mol. The molecule has 2 rings (SSSR count). The zero-order valence-corrected chi connectivity index (χ0v) is 10.3. The van der Waals surface area contributed by atoms with Gasteiger partial charge in [-0.05, 0) is 12.0 Å². The van der Waals surface area contributed by atoms with E-state index in [9.17, 15) is 4.79 Å². The van der Waals surface area contributed by atoms with Crippen LogP contribution in [-0.4, -0.2) is 18.2 Å². The Bertz CT molecular complexity index is 374. The molecule has 0 aromatic heterocycles. The van der Waals surface area contributed by atoms with Crippen LogP contribution in [0.25, 0.3) is 0 Å². The van der Waals surface area contributed by atoms with Gasteiger partial charge >= 0.3 is 5.97 Å². The van der Waals surface area contributed by atoms with E-state index in [0.717, 1.165) is 12.0 Å². The van der Waals surface area contributed by atoms with Crippen molar-refractivity contribution in [3.8, 4) is 0 Å². The molecule has 0 N–H and O–H groups in total. The molecule has 1 aromatic rings. The molecule has 0 aliphatic carbocycles. The minimum absolute atomic E-state index is 0.00303. The minimum Gasteiger partial charge on any atom is -0.460 e. The van der Waals surface area contributed by atoms with Crippen LogP contribution in [0.5, 0.6) is 0 Å². The third-order valence-electron chi connectivity index (χ3n) is 3.24. The fourth-order valence-electron chi connectivity index (χ4n) is 2.17. The number of carbonyl (C=O) groups is 1. The predicted molar refractivity (Wildman–Crippen MR) is 64.4 cm³/mol. The summed E-state index contributed by atoms with van der Waals surface area (Å²) >= 11 is 0. The summed E-state index contributed by atoms with van der Waals surface area (Å²) in [7, 11) is 0. The van der Waals surface area contributed by atoms with Crippen LogP contribution in [0.1, 0.15) is 25.8 Å². The summed E-state index contributed by atoms with van der Waals surface area (Å²) in [5.41, 5.74) is 1.08. The van der Waals surface area contributed by atoms with E-state index >= 15 is 0 Å². The second kappa shape index (κ2) is 5.32. The van der Waals surface area contributed by atoms with Crippen molar-refractivity contribution in [3.63, 3.8) is 0 Å². The van der Waals surface area contributed by atoms with E-state index in [-0.39, 0.29) is 18.0 Å². The lowest BCUT2D eigenvalue weighted by Gasteiger charge is -2.15. The maximum atomic E-state index is 11.6. The topological polar surface area (TPSA) is 35.5 Å². The fraction of sp³-hybridized carbons (Fsp3) is 0.500. The molecule has 92 valence electrons. The lowest BCUT2D eigenvalue weighted by atomic mass is 9.99. The molecule has 3 atom stereocenters. The first-order valence-corrected chi connectivity index (χ1v) is 6.08. The van der Waals surface area contributed by atoms with Gasteiger partial charge in [-0.1, -0.05) is 44.2 Å². The number of hydrogen-bond acceptors (Lipinski definition) is 3. The van der Waals surface area contributed by atoms with Crippen LogP contribution in [0.15, 0.2) is 30.3 Å². The van der Waals surface area contributed by atoms with Crippen LogP contribution in [-0.2, 0) is 20.9 Å². The maximum Gasteiger partial charge on any atom is 0.335 e. The van der Waals surface area contributed by atoms with Gasteiger partial charge in [0, 0.05) is 5.92 Å². The highest BCUT2D eigenvalue weighted by Crippen LogP contribution is 2.27. The smallest absolute Gasteiger partial charge is 0.335 e. The summed E-state index contributed by atoms with van der Waals surface area (Å²) in [6, 6.07) is 9.86. The highest BCUT2D eigenvalue weighted by Gasteiger charge is 2.41. The first kappa shape index (κ1) is 12.1. The Morgan fingerprint density at radius 2 is 2.00 bits per heavy atom. The normalized spacial score (nSPS) is 28.1. The second-order valence-electron chi connectivity index (χ2n) is 4.46. The number of rotatable bonds is 4. The van der Waals surface area contributed by atoms with Crippen LogP contribution < -0.4 is 0 Å². The van der Waals surface area contributed by atoms with Crippen molar-refractivity contribution < 1.29 is 14.3 Å². The molecule has 1 fully saturated rings. The van der Waals surface area contributed by atoms with E-state index in [4.69, 9.17) is 9.47 Å². The summed E-state index contributed by atoms with van der Waals surface area (Å²) in [5.74, 6) is -0.0866. The van der Waals surface area contributed by atoms with E-state index in [1.54, 1.807) is 0 Å². The molecule has 17 heavy (non-hydrogen) atoms. The van der Waals surface area contributed by atoms with Crippen LogP contribution >= 0.6 is 0 Å². The van der Waals surface area contributed by atoms with Crippen LogP contribution in [0.2, 0.25) is 0 Å². The molecule has 3 nitrogen and oxygen atoms in total. The SMILES string of the molecule is CC[C@H]1OC(=O)C(OCc2ccccc2)[C@H]1C. The van der Waals surface area contributed by atoms with Gasteiger partial charge in [-0.2, -0.15) is 0 Å². The Kier molecular flexibility index (Phi) is 3.79. The van der Waals surface area contributed by atoms with Gasteiger partial charge in [0.25, 0.3) is 0 Å². The highest BCUT2D eigenvalue weighted by atomic mass is 16.6. The van der Waals surface area contributed by atoms with Crippen molar-refractivity contribution in [2.75, 3.05) is 0 Å². The summed E-state index contributed by atoms with van der Waals surface area (Å²) in [5, 5.41) is 0. The molecular formula is C14H18O3. The van der Waals surface area contributed by atoms with Gasteiger partial charge in [0.2, 0.25) is 0 Å². The van der Waals surface area contributed by atoms with Crippen molar-refractivity contribution in [2.24, 2.45) is 5.92 Å². The molecule has 1 unspecified atom stereocenters. The van der Waals surface area contributed by atoms with E-state index in [2.05, 4.69) is 0 Å². The van der Waals surface area contributed by atoms with Gasteiger partial charge in [-0.3, -0.25) is 0 Å². The van der Waals surface area contributed by atoms with Gasteiger partial charge in [-0.25, -0.2) is 4.79 Å². The number of ether oxygens (including phenoxy) is 2. The molecule has 1 heterocycles. The number of esters is 1. The van der Waals surface area contributed by atoms with Crippen molar-refractivity contribution in [3.05, 3.63) is 35.9 Å². The molecule has 1 saturated heterocycles. The average molecular weight is 234 g/mol. The highest BCUT2D eigenvalue weighted by molar-refractivity contribution is 5.77. The third-order valence-corrected chi connectivity index (χ3v) is 3.24. The first-order chi connectivity index (χ1) is 8.22. The van der Waals surface area contributed by atoms with E-state index in [1.165, 1.54) is 0 Å². The van der Waals surface area contributed by atoms with Gasteiger partial charge in [0.1, 0.15) is 6.10 Å². The molecule has 1 aromatic carbocycles. The van der Waals surface area contributed by atoms with Crippen molar-refractivity contribution in [1.29, 1.82) is 0 Å². The number of hydrogen-bond donors (Lipinski definition) is 0. The molecule has 0 amide bonds. The molecule has 1 aliphatic heterocycles. The monoisotopic (exact) mass is 234 g/mol. The fourth-order valence-corrected chi connectivity index (χ4v) is 2.17. The van der Waals surface area contributed by atoms with Crippen LogP contribution in [0.4, 0.5) is 0 Å². The number of benzene rings is 1. The standard InChI is InChI=1S/C14H18O3/c1-3-12-10(2)13(14(15)17-12)16-9-11-7-5-4-6-8-11/h4-8,10,12-13H,3,9H2,1-2H3/t10-,12+,13?/m0/s1. The van der Waals surface area contributed by atoms with Crippen LogP contribution in [0.3, 0.4) is 0 Å². The van der Waals surface area contributed by atoms with E-state index < -0.39 is 6.10 Å². The first-order valence-electron chi connectivity index (χ1n) is 6.08. The molecule has 0 bridgehead atoms. The summed E-state index contributed by atoms with van der Waals surface area (Å²) in [6.07, 6.45) is 0.432. The molecule has 0 spiro atoms. The van der Waals surface area contributed by atoms with Gasteiger partial charge in [0.15, 0.2) is 6.10 Å². The second-order valence-corrected chi connectivity index (χ2v) is 4.46. The Morgan fingerprint density at radius 1 is 1.29 bits per heavy atom. The Morgan fingerprint density at radius 3 is 2.59 bits per heavy atom. The molecule has 0 radical (unpaired) electrons. The Hall–Kier alpha value is -1.35. The van der Waals surface area contributed by atoms with Crippen LogP contribution in [0, 0.1) is 5.92 Å².